The topological polar surface area (TPSA) is 24.9 Å². The lowest BCUT2D eigenvalue weighted by Crippen LogP contribution is -2.38. The molecule has 104 valence electrons. The van der Waals surface area contributed by atoms with Gasteiger partial charge in [0.2, 0.25) is 0 Å². The monoisotopic (exact) mass is 268 g/mol. The minimum Gasteiger partial charge on any atom is -0.314 e. The van der Waals surface area contributed by atoms with Gasteiger partial charge < -0.3 is 5.32 Å². The molecule has 1 atom stereocenters. The van der Waals surface area contributed by atoms with Gasteiger partial charge in [0, 0.05) is 23.5 Å². The summed E-state index contributed by atoms with van der Waals surface area (Å²) in [6.45, 7) is 9.92. The highest BCUT2D eigenvalue weighted by Gasteiger charge is 2.20. The van der Waals surface area contributed by atoms with Crippen LogP contribution in [0.2, 0.25) is 0 Å². The third kappa shape index (κ3) is 5.07. The number of aromatic nitrogens is 1. The van der Waals surface area contributed by atoms with Crippen molar-refractivity contribution >= 4 is 11.3 Å². The fourth-order valence-corrected chi connectivity index (χ4v) is 3.47. The zero-order valence-electron chi connectivity index (χ0n) is 12.3. The van der Waals surface area contributed by atoms with E-state index < -0.39 is 0 Å². The lowest BCUT2D eigenvalue weighted by Gasteiger charge is -2.27. The van der Waals surface area contributed by atoms with Gasteiger partial charge in [-0.05, 0) is 32.2 Å². The number of hydrogen-bond acceptors (Lipinski definition) is 3. The Labute approximate surface area is 116 Å². The molecule has 1 aromatic rings. The predicted molar refractivity (Wildman–Crippen MR) is 81.3 cm³/mol. The van der Waals surface area contributed by atoms with E-state index in [1.807, 2.05) is 0 Å². The van der Waals surface area contributed by atoms with Crippen molar-refractivity contribution in [3.8, 4) is 0 Å². The molecule has 3 heteroatoms. The molecule has 18 heavy (non-hydrogen) atoms. The van der Waals surface area contributed by atoms with Crippen molar-refractivity contribution in [3.63, 3.8) is 0 Å². The molecule has 1 aromatic heterocycles. The normalized spacial score (nSPS) is 13.2. The lowest BCUT2D eigenvalue weighted by atomic mass is 9.88. The standard InChI is InChI=1S/C15H28N2S/c1-5-8-13(9-6-2)14(16-7-3)10-15-17-12(4)11-18-15/h11,13-14,16H,5-10H2,1-4H3. The molecule has 0 amide bonds. The Morgan fingerprint density at radius 1 is 1.22 bits per heavy atom. The van der Waals surface area contributed by atoms with Gasteiger partial charge in [0.1, 0.15) is 0 Å². The van der Waals surface area contributed by atoms with Crippen LogP contribution in [-0.2, 0) is 6.42 Å². The van der Waals surface area contributed by atoms with Crippen LogP contribution in [0.1, 0.15) is 57.2 Å². The number of hydrogen-bond donors (Lipinski definition) is 1. The van der Waals surface area contributed by atoms with Crippen LogP contribution in [0, 0.1) is 12.8 Å². The minimum atomic E-state index is 0.598. The number of rotatable bonds is 9. The minimum absolute atomic E-state index is 0.598. The second-order valence-electron chi connectivity index (χ2n) is 5.09. The zero-order chi connectivity index (χ0) is 13.4. The molecular formula is C15H28N2S. The first-order chi connectivity index (χ1) is 8.71. The van der Waals surface area contributed by atoms with Crippen molar-refractivity contribution in [2.24, 2.45) is 5.92 Å². The smallest absolute Gasteiger partial charge is 0.0943 e. The molecule has 0 bridgehead atoms. The number of nitrogens with one attached hydrogen (secondary N) is 1. The quantitative estimate of drug-likeness (QED) is 0.726. The summed E-state index contributed by atoms with van der Waals surface area (Å²) in [6, 6.07) is 0.598. The highest BCUT2D eigenvalue weighted by molar-refractivity contribution is 7.09. The predicted octanol–water partition coefficient (Wildman–Crippen LogP) is 4.19. The van der Waals surface area contributed by atoms with Crippen molar-refractivity contribution in [3.05, 3.63) is 16.1 Å². The first-order valence-electron chi connectivity index (χ1n) is 7.35. The van der Waals surface area contributed by atoms with Gasteiger partial charge in [-0.15, -0.1) is 11.3 Å². The summed E-state index contributed by atoms with van der Waals surface area (Å²) in [6.07, 6.45) is 6.32. The molecule has 0 aliphatic rings. The second-order valence-corrected chi connectivity index (χ2v) is 6.03. The Morgan fingerprint density at radius 2 is 1.89 bits per heavy atom. The highest BCUT2D eigenvalue weighted by atomic mass is 32.1. The van der Waals surface area contributed by atoms with Gasteiger partial charge in [0.25, 0.3) is 0 Å². The molecular weight excluding hydrogens is 240 g/mol. The van der Waals surface area contributed by atoms with E-state index in [0.717, 1.165) is 24.6 Å². The molecule has 0 saturated heterocycles. The number of thiazole rings is 1. The lowest BCUT2D eigenvalue weighted by molar-refractivity contribution is 0.312. The SMILES string of the molecule is CCCC(CCC)C(Cc1nc(C)cs1)NCC. The maximum absolute atomic E-state index is 4.61. The summed E-state index contributed by atoms with van der Waals surface area (Å²) in [5, 5.41) is 7.12. The molecule has 0 aliphatic carbocycles. The Balaban J connectivity index is 2.66. The zero-order valence-corrected chi connectivity index (χ0v) is 13.1. The van der Waals surface area contributed by atoms with Gasteiger partial charge in [0.05, 0.1) is 5.01 Å². The third-order valence-electron chi connectivity index (χ3n) is 3.42. The Hall–Kier alpha value is -0.410. The van der Waals surface area contributed by atoms with Crippen molar-refractivity contribution < 1.29 is 0 Å². The fraction of sp³-hybridized carbons (Fsp3) is 0.800. The van der Waals surface area contributed by atoms with Gasteiger partial charge in [-0.25, -0.2) is 4.98 Å². The van der Waals surface area contributed by atoms with Crippen LogP contribution < -0.4 is 5.32 Å². The molecule has 0 fully saturated rings. The summed E-state index contributed by atoms with van der Waals surface area (Å²) < 4.78 is 0. The van der Waals surface area contributed by atoms with Gasteiger partial charge >= 0.3 is 0 Å². The molecule has 0 aromatic carbocycles. The van der Waals surface area contributed by atoms with E-state index in [1.54, 1.807) is 11.3 Å². The molecule has 1 heterocycles. The molecule has 1 unspecified atom stereocenters. The molecule has 0 radical (unpaired) electrons. The summed E-state index contributed by atoms with van der Waals surface area (Å²) in [7, 11) is 0. The first-order valence-corrected chi connectivity index (χ1v) is 8.23. The molecule has 1 rings (SSSR count). The Bertz CT molecular complexity index is 316. The Kier molecular flexibility index (Phi) is 7.52. The van der Waals surface area contributed by atoms with Crippen LogP contribution >= 0.6 is 11.3 Å². The van der Waals surface area contributed by atoms with Crippen molar-refractivity contribution in [1.82, 2.24) is 10.3 Å². The van der Waals surface area contributed by atoms with Gasteiger partial charge in [-0.3, -0.25) is 0 Å². The van der Waals surface area contributed by atoms with E-state index in [4.69, 9.17) is 0 Å². The van der Waals surface area contributed by atoms with Crippen LogP contribution in [0.3, 0.4) is 0 Å². The van der Waals surface area contributed by atoms with Crippen LogP contribution in [0.4, 0.5) is 0 Å². The number of nitrogens with zero attached hydrogens (tertiary/aromatic N) is 1. The average molecular weight is 268 g/mol. The average Bonchev–Trinajstić information content (AvgIpc) is 2.74. The van der Waals surface area contributed by atoms with Crippen LogP contribution in [0.5, 0.6) is 0 Å². The molecule has 0 aliphatic heterocycles. The Morgan fingerprint density at radius 3 is 2.33 bits per heavy atom. The van der Waals surface area contributed by atoms with Crippen molar-refractivity contribution in [2.75, 3.05) is 6.54 Å². The summed E-state index contributed by atoms with van der Waals surface area (Å²) in [5.74, 6) is 0.796. The number of likely N-dealkylation sites (N-methyl/N-ethyl adjacent to an activating group) is 1. The molecule has 0 saturated carbocycles. The van der Waals surface area contributed by atoms with E-state index in [9.17, 15) is 0 Å². The second kappa shape index (κ2) is 8.65. The maximum Gasteiger partial charge on any atom is 0.0943 e. The van der Waals surface area contributed by atoms with E-state index in [1.165, 1.54) is 30.7 Å². The summed E-state index contributed by atoms with van der Waals surface area (Å²) in [5.41, 5.74) is 1.16. The van der Waals surface area contributed by atoms with Gasteiger partial charge in [0.15, 0.2) is 0 Å². The van der Waals surface area contributed by atoms with Crippen molar-refractivity contribution in [2.45, 2.75) is 65.8 Å². The first kappa shape index (κ1) is 15.6. The van der Waals surface area contributed by atoms with E-state index in [-0.39, 0.29) is 0 Å². The van der Waals surface area contributed by atoms with Crippen molar-refractivity contribution in [1.29, 1.82) is 0 Å². The van der Waals surface area contributed by atoms with Crippen LogP contribution in [0.25, 0.3) is 0 Å². The third-order valence-corrected chi connectivity index (χ3v) is 4.40. The fourth-order valence-electron chi connectivity index (χ4n) is 2.64. The summed E-state index contributed by atoms with van der Waals surface area (Å²) >= 11 is 1.81. The van der Waals surface area contributed by atoms with Crippen LogP contribution in [0.15, 0.2) is 5.38 Å². The van der Waals surface area contributed by atoms with E-state index >= 15 is 0 Å². The molecule has 2 nitrogen and oxygen atoms in total. The largest absolute Gasteiger partial charge is 0.314 e. The van der Waals surface area contributed by atoms with Gasteiger partial charge in [-0.2, -0.15) is 0 Å². The molecule has 1 N–H and O–H groups in total. The number of aryl methyl sites for hydroxylation is 1. The van der Waals surface area contributed by atoms with E-state index in [2.05, 4.69) is 43.4 Å². The van der Waals surface area contributed by atoms with Gasteiger partial charge in [-0.1, -0.05) is 33.6 Å². The van der Waals surface area contributed by atoms with Crippen LogP contribution in [-0.4, -0.2) is 17.6 Å². The molecule has 0 spiro atoms. The van der Waals surface area contributed by atoms with E-state index in [0.29, 0.717) is 6.04 Å². The maximum atomic E-state index is 4.61. The summed E-state index contributed by atoms with van der Waals surface area (Å²) in [4.78, 5) is 4.61. The highest BCUT2D eigenvalue weighted by Crippen LogP contribution is 2.22.